The molecule has 0 unspecified atom stereocenters. The van der Waals surface area contributed by atoms with E-state index in [1.165, 1.54) is 12.8 Å². The van der Waals surface area contributed by atoms with Crippen molar-refractivity contribution < 1.29 is 0 Å². The van der Waals surface area contributed by atoms with Crippen molar-refractivity contribution in [3.63, 3.8) is 0 Å². The molecule has 7 heteroatoms. The predicted molar refractivity (Wildman–Crippen MR) is 92.4 cm³/mol. The number of aromatic nitrogens is 3. The van der Waals surface area contributed by atoms with Crippen LogP contribution in [-0.4, -0.2) is 41.4 Å². The Morgan fingerprint density at radius 1 is 1.08 bits per heavy atom. The highest BCUT2D eigenvalue weighted by Gasteiger charge is 2.26. The standard InChI is InChI=1S/C17H17ClN6/c18-14-9-12(10-19)11-20-17(14)24-7-5-23(6-8-24)16-4-3-15(21-22-16)13-1-2-13/h3-4,9,11,13H,1-2,5-8H2. The zero-order chi connectivity index (χ0) is 16.5. The van der Waals surface area contributed by atoms with Crippen molar-refractivity contribution in [3.8, 4) is 6.07 Å². The fraction of sp³-hybridized carbons (Fsp3) is 0.412. The van der Waals surface area contributed by atoms with Crippen molar-refractivity contribution in [2.24, 2.45) is 0 Å². The lowest BCUT2D eigenvalue weighted by Gasteiger charge is -2.36. The first-order chi connectivity index (χ1) is 11.7. The molecule has 2 aliphatic rings. The molecule has 2 aromatic heterocycles. The van der Waals surface area contributed by atoms with E-state index in [4.69, 9.17) is 16.9 Å². The Bertz CT molecular complexity index is 773. The molecule has 0 radical (unpaired) electrons. The molecule has 2 aromatic rings. The average molecular weight is 341 g/mol. The summed E-state index contributed by atoms with van der Waals surface area (Å²) in [5, 5.41) is 18.2. The first-order valence-corrected chi connectivity index (χ1v) is 8.51. The van der Waals surface area contributed by atoms with Crippen molar-refractivity contribution in [3.05, 3.63) is 40.7 Å². The minimum atomic E-state index is 0.480. The molecule has 0 aromatic carbocycles. The number of halogens is 1. The van der Waals surface area contributed by atoms with Gasteiger partial charge in [0.2, 0.25) is 0 Å². The molecule has 1 saturated carbocycles. The largest absolute Gasteiger partial charge is 0.352 e. The van der Waals surface area contributed by atoms with Crippen molar-refractivity contribution in [2.75, 3.05) is 36.0 Å². The fourth-order valence-electron chi connectivity index (χ4n) is 2.97. The average Bonchev–Trinajstić information content (AvgIpc) is 3.47. The molecular weight excluding hydrogens is 324 g/mol. The van der Waals surface area contributed by atoms with Crippen molar-refractivity contribution in [2.45, 2.75) is 18.8 Å². The van der Waals surface area contributed by atoms with Crippen molar-refractivity contribution >= 4 is 23.2 Å². The van der Waals surface area contributed by atoms with Crippen molar-refractivity contribution in [1.29, 1.82) is 5.26 Å². The normalized spacial score (nSPS) is 17.7. The number of rotatable bonds is 3. The van der Waals surface area contributed by atoms with Crippen LogP contribution in [0, 0.1) is 11.3 Å². The molecule has 0 bridgehead atoms. The lowest BCUT2D eigenvalue weighted by molar-refractivity contribution is 0.637. The molecule has 0 amide bonds. The fourth-order valence-corrected chi connectivity index (χ4v) is 3.26. The maximum atomic E-state index is 8.90. The predicted octanol–water partition coefficient (Wildman–Crippen LogP) is 2.60. The lowest BCUT2D eigenvalue weighted by atomic mass is 10.2. The lowest BCUT2D eigenvalue weighted by Crippen LogP contribution is -2.47. The Labute approximate surface area is 145 Å². The molecule has 4 rings (SSSR count). The monoisotopic (exact) mass is 340 g/mol. The summed E-state index contributed by atoms with van der Waals surface area (Å²) in [6, 6.07) is 7.89. The van der Waals surface area contributed by atoms with Gasteiger partial charge in [0, 0.05) is 38.3 Å². The molecule has 1 aliphatic carbocycles. The summed E-state index contributed by atoms with van der Waals surface area (Å²) >= 11 is 6.26. The summed E-state index contributed by atoms with van der Waals surface area (Å²) in [5.74, 6) is 2.30. The van der Waals surface area contributed by atoms with Gasteiger partial charge in [-0.1, -0.05) is 11.6 Å². The smallest absolute Gasteiger partial charge is 0.151 e. The van der Waals surface area contributed by atoms with Crippen molar-refractivity contribution in [1.82, 2.24) is 15.2 Å². The molecule has 2 fully saturated rings. The van der Waals surface area contributed by atoms with E-state index in [2.05, 4.69) is 43.2 Å². The zero-order valence-electron chi connectivity index (χ0n) is 13.2. The summed E-state index contributed by atoms with van der Waals surface area (Å²) in [6.07, 6.45) is 4.05. The van der Waals surface area contributed by atoms with Gasteiger partial charge in [-0.05, 0) is 31.0 Å². The summed E-state index contributed by atoms with van der Waals surface area (Å²) in [7, 11) is 0. The van der Waals surface area contributed by atoms with Crippen LogP contribution in [0.15, 0.2) is 24.4 Å². The van der Waals surface area contributed by atoms with Gasteiger partial charge < -0.3 is 9.80 Å². The van der Waals surface area contributed by atoms with Crippen LogP contribution in [-0.2, 0) is 0 Å². The molecule has 0 N–H and O–H groups in total. The molecule has 122 valence electrons. The Morgan fingerprint density at radius 3 is 2.42 bits per heavy atom. The van der Waals surface area contributed by atoms with Crippen LogP contribution >= 0.6 is 11.6 Å². The second-order valence-electron chi connectivity index (χ2n) is 6.21. The second-order valence-corrected chi connectivity index (χ2v) is 6.61. The van der Waals surface area contributed by atoms with Crippen LogP contribution < -0.4 is 9.80 Å². The molecule has 0 atom stereocenters. The van der Waals surface area contributed by atoms with E-state index in [-0.39, 0.29) is 0 Å². The summed E-state index contributed by atoms with van der Waals surface area (Å²) in [5.41, 5.74) is 1.60. The van der Waals surface area contributed by atoms with Crippen LogP contribution in [0.1, 0.15) is 30.0 Å². The number of piperazine rings is 1. The molecule has 1 aliphatic heterocycles. The third-order valence-corrected chi connectivity index (χ3v) is 4.80. The number of hydrogen-bond acceptors (Lipinski definition) is 6. The summed E-state index contributed by atoms with van der Waals surface area (Å²) in [6.45, 7) is 3.31. The van der Waals surface area contributed by atoms with Gasteiger partial charge in [-0.3, -0.25) is 0 Å². The van der Waals surface area contributed by atoms with Crippen LogP contribution in [0.25, 0.3) is 0 Å². The maximum Gasteiger partial charge on any atom is 0.151 e. The summed E-state index contributed by atoms with van der Waals surface area (Å²) < 4.78 is 0. The van der Waals surface area contributed by atoms with Gasteiger partial charge in [-0.15, -0.1) is 5.10 Å². The number of nitriles is 1. The SMILES string of the molecule is N#Cc1cnc(N2CCN(c3ccc(C4CC4)nn3)CC2)c(Cl)c1. The molecular formula is C17H17ClN6. The first kappa shape index (κ1) is 15.2. The van der Waals surface area contributed by atoms with E-state index in [0.29, 0.717) is 16.5 Å². The van der Waals surface area contributed by atoms with Crippen LogP contribution in [0.3, 0.4) is 0 Å². The van der Waals surface area contributed by atoms with Gasteiger partial charge in [-0.25, -0.2) is 4.98 Å². The highest BCUT2D eigenvalue weighted by Crippen LogP contribution is 2.38. The molecule has 3 heterocycles. The van der Waals surface area contributed by atoms with E-state index in [9.17, 15) is 0 Å². The highest BCUT2D eigenvalue weighted by molar-refractivity contribution is 6.33. The van der Waals surface area contributed by atoms with Crippen LogP contribution in [0.2, 0.25) is 5.02 Å². The van der Waals surface area contributed by atoms with Gasteiger partial charge in [-0.2, -0.15) is 10.4 Å². The Hall–Kier alpha value is -2.39. The molecule has 24 heavy (non-hydrogen) atoms. The minimum absolute atomic E-state index is 0.480. The van der Waals surface area contributed by atoms with Gasteiger partial charge in [0.15, 0.2) is 5.82 Å². The van der Waals surface area contributed by atoms with Crippen LogP contribution in [0.5, 0.6) is 0 Å². The Kier molecular flexibility index (Phi) is 3.95. The second kappa shape index (κ2) is 6.25. The van der Waals surface area contributed by atoms with E-state index in [1.807, 2.05) is 0 Å². The first-order valence-electron chi connectivity index (χ1n) is 8.14. The topological polar surface area (TPSA) is 68.9 Å². The van der Waals surface area contributed by atoms with Gasteiger partial charge >= 0.3 is 0 Å². The maximum absolute atomic E-state index is 8.90. The van der Waals surface area contributed by atoms with E-state index < -0.39 is 0 Å². The van der Waals surface area contributed by atoms with Gasteiger partial charge in [0.05, 0.1) is 16.3 Å². The van der Waals surface area contributed by atoms with Crippen LogP contribution in [0.4, 0.5) is 11.6 Å². The Balaban J connectivity index is 1.42. The third-order valence-electron chi connectivity index (χ3n) is 4.52. The van der Waals surface area contributed by atoms with Gasteiger partial charge in [0.1, 0.15) is 11.9 Å². The number of nitrogens with zero attached hydrogens (tertiary/aromatic N) is 6. The zero-order valence-corrected chi connectivity index (χ0v) is 13.9. The highest BCUT2D eigenvalue weighted by atomic mass is 35.5. The quantitative estimate of drug-likeness (QED) is 0.855. The molecule has 6 nitrogen and oxygen atoms in total. The van der Waals surface area contributed by atoms with E-state index in [1.54, 1.807) is 12.3 Å². The molecule has 1 saturated heterocycles. The molecule has 0 spiro atoms. The van der Waals surface area contributed by atoms with E-state index in [0.717, 1.165) is 43.5 Å². The minimum Gasteiger partial charge on any atom is -0.352 e. The third kappa shape index (κ3) is 3.00. The number of hydrogen-bond donors (Lipinski definition) is 0. The van der Waals surface area contributed by atoms with E-state index >= 15 is 0 Å². The number of anilines is 2. The number of pyridine rings is 1. The Morgan fingerprint density at radius 2 is 1.83 bits per heavy atom. The van der Waals surface area contributed by atoms with Gasteiger partial charge in [0.25, 0.3) is 0 Å². The summed E-state index contributed by atoms with van der Waals surface area (Å²) in [4.78, 5) is 8.71.